The molecule has 1 atom stereocenters. The summed E-state index contributed by atoms with van der Waals surface area (Å²) in [5.74, 6) is 2.37. The van der Waals surface area contributed by atoms with Crippen molar-refractivity contribution < 1.29 is 14.2 Å². The third-order valence-corrected chi connectivity index (χ3v) is 4.19. The molecule has 0 amide bonds. The molecule has 0 radical (unpaired) electrons. The first-order valence-electron chi connectivity index (χ1n) is 6.67. The topological polar surface area (TPSA) is 27.7 Å². The fourth-order valence-electron chi connectivity index (χ4n) is 2.15. The monoisotopic (exact) mass is 350 g/mol. The minimum Gasteiger partial charge on any atom is -0.497 e. The lowest BCUT2D eigenvalue weighted by molar-refractivity contribution is 0.354. The van der Waals surface area contributed by atoms with Gasteiger partial charge in [-0.1, -0.05) is 34.1 Å². The van der Waals surface area contributed by atoms with Gasteiger partial charge in [0.1, 0.15) is 5.75 Å². The molecule has 0 aliphatic carbocycles. The molecule has 0 saturated heterocycles. The zero-order valence-electron chi connectivity index (χ0n) is 12.4. The van der Waals surface area contributed by atoms with Crippen molar-refractivity contribution in [2.45, 2.75) is 11.2 Å². The Labute approximate surface area is 134 Å². The summed E-state index contributed by atoms with van der Waals surface area (Å²) in [5.41, 5.74) is 2.40. The van der Waals surface area contributed by atoms with E-state index in [4.69, 9.17) is 14.2 Å². The van der Waals surface area contributed by atoms with E-state index in [1.54, 1.807) is 21.3 Å². The van der Waals surface area contributed by atoms with Gasteiger partial charge in [0.2, 0.25) is 0 Å². The van der Waals surface area contributed by atoms with Crippen LogP contribution in [0, 0.1) is 0 Å². The average molecular weight is 351 g/mol. The molecule has 0 aliphatic rings. The average Bonchev–Trinajstić information content (AvgIpc) is 2.54. The largest absolute Gasteiger partial charge is 0.497 e. The summed E-state index contributed by atoms with van der Waals surface area (Å²) in [6.07, 6.45) is 0.868. The molecule has 0 fully saturated rings. The van der Waals surface area contributed by atoms with Gasteiger partial charge in [-0.3, -0.25) is 0 Å². The highest BCUT2D eigenvalue weighted by Gasteiger charge is 2.11. The van der Waals surface area contributed by atoms with Crippen molar-refractivity contribution in [3.05, 3.63) is 53.6 Å². The van der Waals surface area contributed by atoms with Crippen LogP contribution in [-0.4, -0.2) is 21.3 Å². The van der Waals surface area contributed by atoms with Crippen molar-refractivity contribution in [2.75, 3.05) is 21.3 Å². The summed E-state index contributed by atoms with van der Waals surface area (Å²) in [7, 11) is 4.96. The Hall–Kier alpha value is -1.68. The number of alkyl halides is 1. The van der Waals surface area contributed by atoms with Crippen molar-refractivity contribution in [3.8, 4) is 17.2 Å². The number of methoxy groups -OCH3 is 3. The molecule has 0 N–H and O–H groups in total. The first-order chi connectivity index (χ1) is 10.2. The van der Waals surface area contributed by atoms with Gasteiger partial charge in [0.25, 0.3) is 0 Å². The van der Waals surface area contributed by atoms with Crippen LogP contribution in [0.1, 0.15) is 16.0 Å². The third kappa shape index (κ3) is 3.91. The smallest absolute Gasteiger partial charge is 0.160 e. The van der Waals surface area contributed by atoms with E-state index < -0.39 is 0 Å². The van der Waals surface area contributed by atoms with Crippen LogP contribution in [0.5, 0.6) is 17.2 Å². The SMILES string of the molecule is COc1ccc(C(Br)Cc2ccc(OC)c(OC)c2)cc1. The molecule has 0 spiro atoms. The summed E-state index contributed by atoms with van der Waals surface area (Å²) < 4.78 is 15.8. The first kappa shape index (κ1) is 15.7. The van der Waals surface area contributed by atoms with Gasteiger partial charge in [0.05, 0.1) is 21.3 Å². The van der Waals surface area contributed by atoms with E-state index in [0.29, 0.717) is 0 Å². The number of hydrogen-bond donors (Lipinski definition) is 0. The molecule has 0 aliphatic heterocycles. The molecule has 2 aromatic rings. The lowest BCUT2D eigenvalue weighted by Crippen LogP contribution is -1.97. The molecule has 0 aromatic heterocycles. The van der Waals surface area contributed by atoms with Crippen LogP contribution >= 0.6 is 15.9 Å². The van der Waals surface area contributed by atoms with Gasteiger partial charge in [-0.25, -0.2) is 0 Å². The van der Waals surface area contributed by atoms with Gasteiger partial charge in [0, 0.05) is 4.83 Å². The molecule has 3 nitrogen and oxygen atoms in total. The van der Waals surface area contributed by atoms with Gasteiger partial charge in [0.15, 0.2) is 11.5 Å². The van der Waals surface area contributed by atoms with E-state index in [-0.39, 0.29) is 4.83 Å². The standard InChI is InChI=1S/C17H19BrO3/c1-19-14-7-5-13(6-8-14)15(18)10-12-4-9-16(20-2)17(11-12)21-3/h4-9,11,15H,10H2,1-3H3. The number of benzene rings is 2. The second kappa shape index (κ2) is 7.36. The highest BCUT2D eigenvalue weighted by atomic mass is 79.9. The van der Waals surface area contributed by atoms with E-state index in [0.717, 1.165) is 23.7 Å². The minimum absolute atomic E-state index is 0.238. The highest BCUT2D eigenvalue weighted by Crippen LogP contribution is 2.32. The molecular formula is C17H19BrO3. The molecule has 2 aromatic carbocycles. The molecule has 4 heteroatoms. The Morgan fingerprint density at radius 1 is 0.857 bits per heavy atom. The fraction of sp³-hybridized carbons (Fsp3) is 0.294. The molecular weight excluding hydrogens is 332 g/mol. The van der Waals surface area contributed by atoms with E-state index in [9.17, 15) is 0 Å². The van der Waals surface area contributed by atoms with Crippen LogP contribution in [0.2, 0.25) is 0 Å². The lowest BCUT2D eigenvalue weighted by atomic mass is 10.0. The Morgan fingerprint density at radius 3 is 2.10 bits per heavy atom. The van der Waals surface area contributed by atoms with Gasteiger partial charge in [-0.15, -0.1) is 0 Å². The predicted octanol–water partition coefficient (Wildman–Crippen LogP) is 4.39. The molecule has 21 heavy (non-hydrogen) atoms. The highest BCUT2D eigenvalue weighted by molar-refractivity contribution is 9.09. The van der Waals surface area contributed by atoms with Crippen molar-refractivity contribution >= 4 is 15.9 Å². The van der Waals surface area contributed by atoms with E-state index in [1.807, 2.05) is 24.3 Å². The number of halogens is 1. The number of rotatable bonds is 6. The maximum Gasteiger partial charge on any atom is 0.160 e. The Kier molecular flexibility index (Phi) is 5.51. The molecule has 1 unspecified atom stereocenters. The molecule has 0 heterocycles. The van der Waals surface area contributed by atoms with E-state index in [1.165, 1.54) is 11.1 Å². The summed E-state index contributed by atoms with van der Waals surface area (Å²) in [6.45, 7) is 0. The van der Waals surface area contributed by atoms with Crippen molar-refractivity contribution in [1.29, 1.82) is 0 Å². The predicted molar refractivity (Wildman–Crippen MR) is 87.9 cm³/mol. The minimum atomic E-state index is 0.238. The maximum atomic E-state index is 5.34. The lowest BCUT2D eigenvalue weighted by Gasteiger charge is -2.13. The Morgan fingerprint density at radius 2 is 1.52 bits per heavy atom. The second-order valence-corrected chi connectivity index (χ2v) is 5.74. The second-order valence-electron chi connectivity index (χ2n) is 4.63. The van der Waals surface area contributed by atoms with Crippen molar-refractivity contribution in [3.63, 3.8) is 0 Å². The quantitative estimate of drug-likeness (QED) is 0.723. The zero-order chi connectivity index (χ0) is 15.2. The normalized spacial score (nSPS) is 11.8. The zero-order valence-corrected chi connectivity index (χ0v) is 14.0. The van der Waals surface area contributed by atoms with E-state index >= 15 is 0 Å². The van der Waals surface area contributed by atoms with Crippen LogP contribution in [0.3, 0.4) is 0 Å². The van der Waals surface area contributed by atoms with Gasteiger partial charge >= 0.3 is 0 Å². The van der Waals surface area contributed by atoms with Crippen molar-refractivity contribution in [1.82, 2.24) is 0 Å². The summed E-state index contributed by atoms with van der Waals surface area (Å²) in [5, 5.41) is 0. The summed E-state index contributed by atoms with van der Waals surface area (Å²) in [6, 6.07) is 14.1. The van der Waals surface area contributed by atoms with Crippen LogP contribution in [0.15, 0.2) is 42.5 Å². The molecule has 0 bridgehead atoms. The van der Waals surface area contributed by atoms with Crippen LogP contribution in [-0.2, 0) is 6.42 Å². The maximum absolute atomic E-state index is 5.34. The number of hydrogen-bond acceptors (Lipinski definition) is 3. The first-order valence-corrected chi connectivity index (χ1v) is 7.58. The Balaban J connectivity index is 2.12. The fourth-order valence-corrected chi connectivity index (χ4v) is 2.82. The summed E-state index contributed by atoms with van der Waals surface area (Å²) in [4.78, 5) is 0.238. The molecule has 2 rings (SSSR count). The van der Waals surface area contributed by atoms with Crippen LogP contribution < -0.4 is 14.2 Å². The van der Waals surface area contributed by atoms with Crippen LogP contribution in [0.25, 0.3) is 0 Å². The van der Waals surface area contributed by atoms with Gasteiger partial charge in [-0.05, 0) is 41.8 Å². The molecule has 112 valence electrons. The van der Waals surface area contributed by atoms with Crippen LogP contribution in [0.4, 0.5) is 0 Å². The van der Waals surface area contributed by atoms with Crippen molar-refractivity contribution in [2.24, 2.45) is 0 Å². The van der Waals surface area contributed by atoms with E-state index in [2.05, 4.69) is 34.1 Å². The van der Waals surface area contributed by atoms with Gasteiger partial charge in [-0.2, -0.15) is 0 Å². The summed E-state index contributed by atoms with van der Waals surface area (Å²) >= 11 is 3.74. The number of ether oxygens (including phenoxy) is 3. The molecule has 0 saturated carbocycles. The van der Waals surface area contributed by atoms with Gasteiger partial charge < -0.3 is 14.2 Å². The third-order valence-electron chi connectivity index (χ3n) is 3.34. The Bertz CT molecular complexity index is 581.